The molecule has 0 aliphatic carbocycles. The molecule has 9 heteroatoms. The molecule has 1 fully saturated rings. The van der Waals surface area contributed by atoms with Gasteiger partial charge >= 0.3 is 0 Å². The number of amides is 1. The summed E-state index contributed by atoms with van der Waals surface area (Å²) in [4.78, 5) is 21.3. The molecule has 34 heavy (non-hydrogen) atoms. The zero-order chi connectivity index (χ0) is 24.5. The van der Waals surface area contributed by atoms with Crippen molar-refractivity contribution in [2.75, 3.05) is 40.3 Å². The molecule has 182 valence electrons. The molecule has 1 saturated heterocycles. The standard InChI is InChI=1S/C25H33N5O3S/c1-5-19-7-10-21(11-8-19)34(32,33)29-15-13-28(14-16-29)18-24-26-22-17-20(25(31)27(3)4)9-12-23(22)30(24)6-2/h7-12,17H,5-6,13-16,18H2,1-4H3. The number of sulfonamides is 1. The molecule has 0 spiro atoms. The van der Waals surface area contributed by atoms with E-state index < -0.39 is 10.0 Å². The Morgan fingerprint density at radius 3 is 2.26 bits per heavy atom. The SMILES string of the molecule is CCc1ccc(S(=O)(=O)N2CCN(Cc3nc4cc(C(=O)N(C)C)ccc4n3CC)CC2)cc1. The number of fused-ring (bicyclic) bond motifs is 1. The maximum atomic E-state index is 13.1. The monoisotopic (exact) mass is 483 g/mol. The minimum atomic E-state index is -3.49. The molecule has 1 amide bonds. The second kappa shape index (κ2) is 9.85. The van der Waals surface area contributed by atoms with Crippen LogP contribution in [0.4, 0.5) is 0 Å². The van der Waals surface area contributed by atoms with Crippen molar-refractivity contribution in [1.82, 2.24) is 23.7 Å². The highest BCUT2D eigenvalue weighted by molar-refractivity contribution is 7.89. The summed E-state index contributed by atoms with van der Waals surface area (Å²) in [6, 6.07) is 12.8. The van der Waals surface area contributed by atoms with Gasteiger partial charge in [-0.15, -0.1) is 0 Å². The van der Waals surface area contributed by atoms with Crippen LogP contribution in [0, 0.1) is 0 Å². The minimum Gasteiger partial charge on any atom is -0.345 e. The summed E-state index contributed by atoms with van der Waals surface area (Å²) >= 11 is 0. The Labute approximate surface area is 201 Å². The zero-order valence-electron chi connectivity index (χ0n) is 20.4. The summed E-state index contributed by atoms with van der Waals surface area (Å²) in [5, 5.41) is 0. The molecule has 1 aromatic heterocycles. The van der Waals surface area contributed by atoms with Gasteiger partial charge in [0, 0.05) is 52.4 Å². The Morgan fingerprint density at radius 2 is 1.68 bits per heavy atom. The van der Waals surface area contributed by atoms with E-state index in [0.29, 0.717) is 43.2 Å². The Kier molecular flexibility index (Phi) is 7.06. The molecule has 0 bridgehead atoms. The number of benzene rings is 2. The molecule has 0 saturated carbocycles. The van der Waals surface area contributed by atoms with Gasteiger partial charge in [0.2, 0.25) is 10.0 Å². The van der Waals surface area contributed by atoms with Crippen LogP contribution in [-0.4, -0.2) is 78.3 Å². The number of imidazole rings is 1. The van der Waals surface area contributed by atoms with Crippen molar-refractivity contribution in [1.29, 1.82) is 0 Å². The first-order valence-electron chi connectivity index (χ1n) is 11.8. The lowest BCUT2D eigenvalue weighted by molar-refractivity contribution is 0.0827. The van der Waals surface area contributed by atoms with Gasteiger partial charge in [-0.1, -0.05) is 19.1 Å². The third-order valence-electron chi connectivity index (χ3n) is 6.46. The second-order valence-corrected chi connectivity index (χ2v) is 10.8. The van der Waals surface area contributed by atoms with E-state index in [9.17, 15) is 13.2 Å². The molecular weight excluding hydrogens is 450 g/mol. The Bertz CT molecular complexity index is 1270. The van der Waals surface area contributed by atoms with Crippen LogP contribution in [0.5, 0.6) is 0 Å². The summed E-state index contributed by atoms with van der Waals surface area (Å²) in [5.41, 5.74) is 3.56. The van der Waals surface area contributed by atoms with Crippen molar-refractivity contribution < 1.29 is 13.2 Å². The molecule has 0 atom stereocenters. The van der Waals surface area contributed by atoms with Crippen molar-refractivity contribution in [3.8, 4) is 0 Å². The summed E-state index contributed by atoms with van der Waals surface area (Å²) in [6.45, 7) is 7.73. The second-order valence-electron chi connectivity index (χ2n) is 8.85. The molecule has 1 aliphatic heterocycles. The van der Waals surface area contributed by atoms with Crippen LogP contribution in [0.1, 0.15) is 35.6 Å². The number of carbonyl (C=O) groups is 1. The van der Waals surface area contributed by atoms with Crippen LogP contribution < -0.4 is 0 Å². The molecule has 2 aromatic carbocycles. The number of hydrogen-bond acceptors (Lipinski definition) is 5. The van der Waals surface area contributed by atoms with Crippen LogP contribution in [0.3, 0.4) is 0 Å². The quantitative estimate of drug-likeness (QED) is 0.516. The third kappa shape index (κ3) is 4.73. The highest BCUT2D eigenvalue weighted by Crippen LogP contribution is 2.22. The zero-order valence-corrected chi connectivity index (χ0v) is 21.2. The van der Waals surface area contributed by atoms with Gasteiger partial charge < -0.3 is 9.47 Å². The Morgan fingerprint density at radius 1 is 1.00 bits per heavy atom. The van der Waals surface area contributed by atoms with Crippen LogP contribution in [0.2, 0.25) is 0 Å². The van der Waals surface area contributed by atoms with Crippen molar-refractivity contribution >= 4 is 27.0 Å². The largest absolute Gasteiger partial charge is 0.345 e. The lowest BCUT2D eigenvalue weighted by Gasteiger charge is -2.33. The van der Waals surface area contributed by atoms with Gasteiger partial charge in [-0.3, -0.25) is 9.69 Å². The molecule has 0 unspecified atom stereocenters. The number of aromatic nitrogens is 2. The molecule has 8 nitrogen and oxygen atoms in total. The van der Waals surface area contributed by atoms with Gasteiger partial charge in [-0.05, 0) is 49.2 Å². The number of hydrogen-bond donors (Lipinski definition) is 0. The topological polar surface area (TPSA) is 78.8 Å². The number of piperazine rings is 1. The lowest BCUT2D eigenvalue weighted by Crippen LogP contribution is -2.48. The lowest BCUT2D eigenvalue weighted by atomic mass is 10.2. The fraction of sp³-hybridized carbons (Fsp3) is 0.440. The molecular formula is C25H33N5O3S. The first-order valence-corrected chi connectivity index (χ1v) is 13.2. The van der Waals surface area contributed by atoms with E-state index in [1.54, 1.807) is 35.4 Å². The summed E-state index contributed by atoms with van der Waals surface area (Å²) < 4.78 is 29.9. The normalized spacial score (nSPS) is 15.6. The van der Waals surface area contributed by atoms with E-state index in [2.05, 4.69) is 23.3 Å². The first kappa shape index (κ1) is 24.4. The number of rotatable bonds is 7. The fourth-order valence-electron chi connectivity index (χ4n) is 4.42. The van der Waals surface area contributed by atoms with E-state index in [-0.39, 0.29) is 5.91 Å². The Hall–Kier alpha value is -2.75. The van der Waals surface area contributed by atoms with Gasteiger partial charge in [0.05, 0.1) is 22.5 Å². The first-order chi connectivity index (χ1) is 16.2. The predicted molar refractivity (Wildman–Crippen MR) is 133 cm³/mol. The number of nitrogens with zero attached hydrogens (tertiary/aromatic N) is 5. The van der Waals surface area contributed by atoms with Crippen molar-refractivity contribution in [3.63, 3.8) is 0 Å². The van der Waals surface area contributed by atoms with Crippen molar-refractivity contribution in [2.24, 2.45) is 0 Å². The number of carbonyl (C=O) groups excluding carboxylic acids is 1. The van der Waals surface area contributed by atoms with E-state index in [1.165, 1.54) is 0 Å². The molecule has 0 radical (unpaired) electrons. The molecule has 2 heterocycles. The molecule has 4 rings (SSSR count). The van der Waals surface area contributed by atoms with Gasteiger partial charge in [0.15, 0.2) is 0 Å². The fourth-order valence-corrected chi connectivity index (χ4v) is 5.84. The van der Waals surface area contributed by atoms with Crippen LogP contribution in [-0.2, 0) is 29.5 Å². The maximum Gasteiger partial charge on any atom is 0.253 e. The summed E-state index contributed by atoms with van der Waals surface area (Å²) in [5.74, 6) is 0.884. The third-order valence-corrected chi connectivity index (χ3v) is 8.38. The smallest absolute Gasteiger partial charge is 0.253 e. The summed E-state index contributed by atoms with van der Waals surface area (Å²) in [7, 11) is -0.00918. The van der Waals surface area contributed by atoms with E-state index in [0.717, 1.165) is 35.4 Å². The van der Waals surface area contributed by atoms with E-state index >= 15 is 0 Å². The van der Waals surface area contributed by atoms with Gasteiger partial charge in [-0.25, -0.2) is 13.4 Å². The van der Waals surface area contributed by atoms with Gasteiger partial charge in [0.1, 0.15) is 5.82 Å². The predicted octanol–water partition coefficient (Wildman–Crippen LogP) is 2.83. The highest BCUT2D eigenvalue weighted by Gasteiger charge is 2.29. The summed E-state index contributed by atoms with van der Waals surface area (Å²) in [6.07, 6.45) is 0.884. The van der Waals surface area contributed by atoms with Crippen molar-refractivity contribution in [3.05, 3.63) is 59.4 Å². The average molecular weight is 484 g/mol. The maximum absolute atomic E-state index is 13.1. The van der Waals surface area contributed by atoms with Crippen molar-refractivity contribution in [2.45, 2.75) is 38.3 Å². The average Bonchev–Trinajstić information content (AvgIpc) is 3.19. The van der Waals surface area contributed by atoms with Crippen LogP contribution in [0.15, 0.2) is 47.4 Å². The molecule has 0 N–H and O–H groups in total. The molecule has 1 aliphatic rings. The number of aryl methyl sites for hydroxylation is 2. The minimum absolute atomic E-state index is 0.0452. The highest BCUT2D eigenvalue weighted by atomic mass is 32.2. The van der Waals surface area contributed by atoms with Crippen LogP contribution in [0.25, 0.3) is 11.0 Å². The van der Waals surface area contributed by atoms with Gasteiger partial charge in [-0.2, -0.15) is 4.31 Å². The van der Waals surface area contributed by atoms with Gasteiger partial charge in [0.25, 0.3) is 5.91 Å². The van der Waals surface area contributed by atoms with Crippen LogP contribution >= 0.6 is 0 Å². The molecule has 3 aromatic rings. The van der Waals surface area contributed by atoms with E-state index in [1.807, 2.05) is 30.3 Å². The Balaban J connectivity index is 1.47. The van der Waals surface area contributed by atoms with E-state index in [4.69, 9.17) is 4.98 Å².